The Morgan fingerprint density at radius 2 is 2.00 bits per heavy atom. The van der Waals surface area contributed by atoms with E-state index in [0.717, 1.165) is 15.6 Å². The molecule has 3 rings (SSSR count). The van der Waals surface area contributed by atoms with Crippen LogP contribution in [-0.2, 0) is 6.42 Å². The van der Waals surface area contributed by atoms with Gasteiger partial charge in [-0.1, -0.05) is 17.3 Å². The van der Waals surface area contributed by atoms with E-state index >= 15 is 0 Å². The molecule has 0 radical (unpaired) electrons. The van der Waals surface area contributed by atoms with Gasteiger partial charge < -0.3 is 4.52 Å². The molecule has 0 atom stereocenters. The highest BCUT2D eigenvalue weighted by molar-refractivity contribution is 9.10. The molecule has 0 fully saturated rings. The number of benzene rings is 1. The minimum absolute atomic E-state index is 0.507. The molecule has 0 spiro atoms. The van der Waals surface area contributed by atoms with Crippen molar-refractivity contribution in [1.82, 2.24) is 15.1 Å². The van der Waals surface area contributed by atoms with E-state index in [2.05, 4.69) is 37.1 Å². The van der Waals surface area contributed by atoms with E-state index in [1.807, 2.05) is 18.2 Å². The normalized spacial score (nSPS) is 10.3. The van der Waals surface area contributed by atoms with Crippen molar-refractivity contribution in [2.24, 2.45) is 0 Å². The number of aromatic nitrogens is 3. The molecule has 0 aliphatic carbocycles. The molecular weight excluding hydrogens is 332 g/mol. The molecule has 2 heterocycles. The van der Waals surface area contributed by atoms with Crippen LogP contribution in [0.1, 0.15) is 17.0 Å². The lowest BCUT2D eigenvalue weighted by atomic mass is 10.1. The lowest BCUT2D eigenvalue weighted by Crippen LogP contribution is -1.89. The highest BCUT2D eigenvalue weighted by atomic mass is 79.9. The maximum Gasteiger partial charge on any atom is 0.231 e. The second kappa shape index (κ2) is 5.85. The van der Waals surface area contributed by atoms with Crippen LogP contribution in [0.5, 0.6) is 0 Å². The monoisotopic (exact) mass is 340 g/mol. The van der Waals surface area contributed by atoms with Gasteiger partial charge in [-0.3, -0.25) is 4.98 Å². The number of nitrogens with zero attached hydrogens (tertiary/aromatic N) is 4. The van der Waals surface area contributed by atoms with Crippen molar-refractivity contribution in [2.75, 3.05) is 0 Å². The van der Waals surface area contributed by atoms with Gasteiger partial charge in [0.2, 0.25) is 11.7 Å². The zero-order chi connectivity index (χ0) is 14.7. The second-order valence-corrected chi connectivity index (χ2v) is 5.30. The molecule has 21 heavy (non-hydrogen) atoms. The SMILES string of the molecule is N#Cc1ccc(Cc2nc(-c3cncc(Br)c3)no2)cc1. The summed E-state index contributed by atoms with van der Waals surface area (Å²) < 4.78 is 6.11. The molecule has 5 nitrogen and oxygen atoms in total. The first-order valence-electron chi connectivity index (χ1n) is 6.17. The standard InChI is InChI=1S/C15H9BrN4O/c16-13-6-12(8-18-9-13)15-19-14(21-20-15)5-10-1-3-11(7-17)4-2-10/h1-4,6,8-9H,5H2. The number of hydrogen-bond donors (Lipinski definition) is 0. The summed E-state index contributed by atoms with van der Waals surface area (Å²) in [6.45, 7) is 0. The molecule has 0 saturated carbocycles. The summed E-state index contributed by atoms with van der Waals surface area (Å²) in [6.07, 6.45) is 3.91. The Bertz CT molecular complexity index is 805. The maximum atomic E-state index is 8.77. The number of pyridine rings is 1. The van der Waals surface area contributed by atoms with Crippen LogP contribution in [0.25, 0.3) is 11.4 Å². The average Bonchev–Trinajstić information content (AvgIpc) is 2.97. The molecule has 6 heteroatoms. The fourth-order valence-corrected chi connectivity index (χ4v) is 2.21. The topological polar surface area (TPSA) is 75.6 Å². The molecule has 1 aromatic carbocycles. The summed E-state index contributed by atoms with van der Waals surface area (Å²) in [5.74, 6) is 1.03. The van der Waals surface area contributed by atoms with Gasteiger partial charge in [-0.05, 0) is 39.7 Å². The van der Waals surface area contributed by atoms with Crippen LogP contribution in [0.2, 0.25) is 0 Å². The van der Waals surface area contributed by atoms with E-state index in [1.165, 1.54) is 0 Å². The van der Waals surface area contributed by atoms with Gasteiger partial charge in [-0.15, -0.1) is 0 Å². The minimum atomic E-state index is 0.507. The lowest BCUT2D eigenvalue weighted by Gasteiger charge is -1.96. The Morgan fingerprint density at radius 3 is 2.71 bits per heavy atom. The van der Waals surface area contributed by atoms with Gasteiger partial charge >= 0.3 is 0 Å². The van der Waals surface area contributed by atoms with E-state index in [9.17, 15) is 0 Å². The Morgan fingerprint density at radius 1 is 1.19 bits per heavy atom. The van der Waals surface area contributed by atoms with Crippen LogP contribution < -0.4 is 0 Å². The molecule has 0 bridgehead atoms. The van der Waals surface area contributed by atoms with Crippen LogP contribution in [0.3, 0.4) is 0 Å². The molecular formula is C15H9BrN4O. The van der Waals surface area contributed by atoms with Crippen molar-refractivity contribution in [2.45, 2.75) is 6.42 Å². The largest absolute Gasteiger partial charge is 0.339 e. The lowest BCUT2D eigenvalue weighted by molar-refractivity contribution is 0.385. The maximum absolute atomic E-state index is 8.77. The number of halogens is 1. The van der Waals surface area contributed by atoms with Crippen LogP contribution in [0.4, 0.5) is 0 Å². The van der Waals surface area contributed by atoms with Crippen LogP contribution in [0.15, 0.2) is 51.7 Å². The first-order chi connectivity index (χ1) is 10.2. The summed E-state index contributed by atoms with van der Waals surface area (Å²) in [4.78, 5) is 8.43. The Balaban J connectivity index is 1.80. The highest BCUT2D eigenvalue weighted by Crippen LogP contribution is 2.19. The van der Waals surface area contributed by atoms with Gasteiger partial charge in [0, 0.05) is 22.4 Å². The first-order valence-corrected chi connectivity index (χ1v) is 6.96. The molecule has 2 aromatic heterocycles. The molecule has 102 valence electrons. The summed E-state index contributed by atoms with van der Waals surface area (Å²) in [5, 5.41) is 12.7. The van der Waals surface area contributed by atoms with E-state index < -0.39 is 0 Å². The third-order valence-electron chi connectivity index (χ3n) is 2.87. The minimum Gasteiger partial charge on any atom is -0.339 e. The molecule has 3 aromatic rings. The summed E-state index contributed by atoms with van der Waals surface area (Å²) in [5.41, 5.74) is 2.43. The molecule has 0 aliphatic rings. The van der Waals surface area contributed by atoms with Crippen LogP contribution in [-0.4, -0.2) is 15.1 Å². The van der Waals surface area contributed by atoms with Gasteiger partial charge in [-0.2, -0.15) is 10.2 Å². The predicted octanol–water partition coefficient (Wildman–Crippen LogP) is 3.36. The smallest absolute Gasteiger partial charge is 0.231 e. The van der Waals surface area contributed by atoms with Crippen molar-refractivity contribution in [3.05, 3.63) is 64.2 Å². The highest BCUT2D eigenvalue weighted by Gasteiger charge is 2.10. The quantitative estimate of drug-likeness (QED) is 0.730. The Hall–Kier alpha value is -2.52. The van der Waals surface area contributed by atoms with Crippen LogP contribution in [0, 0.1) is 11.3 Å². The van der Waals surface area contributed by atoms with E-state index in [4.69, 9.17) is 9.78 Å². The average molecular weight is 341 g/mol. The number of hydrogen-bond acceptors (Lipinski definition) is 5. The van der Waals surface area contributed by atoms with Crippen LogP contribution >= 0.6 is 15.9 Å². The summed E-state index contributed by atoms with van der Waals surface area (Å²) in [6, 6.07) is 11.3. The number of rotatable bonds is 3. The van der Waals surface area contributed by atoms with Crippen molar-refractivity contribution in [3.63, 3.8) is 0 Å². The predicted molar refractivity (Wildman–Crippen MR) is 79.2 cm³/mol. The third-order valence-corrected chi connectivity index (χ3v) is 3.30. The van der Waals surface area contributed by atoms with Gasteiger partial charge in [0.05, 0.1) is 18.1 Å². The molecule has 0 N–H and O–H groups in total. The van der Waals surface area contributed by atoms with E-state index in [0.29, 0.717) is 23.7 Å². The Labute approximate surface area is 129 Å². The van der Waals surface area contributed by atoms with Crippen molar-refractivity contribution < 1.29 is 4.52 Å². The van der Waals surface area contributed by atoms with Crippen molar-refractivity contribution in [1.29, 1.82) is 5.26 Å². The third kappa shape index (κ3) is 3.15. The van der Waals surface area contributed by atoms with Gasteiger partial charge in [0.25, 0.3) is 0 Å². The first kappa shape index (κ1) is 13.5. The Kier molecular flexibility index (Phi) is 3.75. The van der Waals surface area contributed by atoms with E-state index in [-0.39, 0.29) is 0 Å². The number of nitriles is 1. The van der Waals surface area contributed by atoms with Gasteiger partial charge in [0.15, 0.2) is 0 Å². The molecule has 0 aliphatic heterocycles. The van der Waals surface area contributed by atoms with E-state index in [1.54, 1.807) is 24.5 Å². The molecule has 0 amide bonds. The van der Waals surface area contributed by atoms with Crippen molar-refractivity contribution in [3.8, 4) is 17.5 Å². The fraction of sp³-hybridized carbons (Fsp3) is 0.0667. The van der Waals surface area contributed by atoms with Crippen molar-refractivity contribution >= 4 is 15.9 Å². The van der Waals surface area contributed by atoms with Gasteiger partial charge in [-0.25, -0.2) is 0 Å². The zero-order valence-electron chi connectivity index (χ0n) is 10.8. The fourth-order valence-electron chi connectivity index (χ4n) is 1.85. The molecule has 0 unspecified atom stereocenters. The summed E-state index contributed by atoms with van der Waals surface area (Å²) >= 11 is 3.36. The second-order valence-electron chi connectivity index (χ2n) is 4.39. The molecule has 0 saturated heterocycles. The summed E-state index contributed by atoms with van der Waals surface area (Å²) in [7, 11) is 0. The zero-order valence-corrected chi connectivity index (χ0v) is 12.4. The van der Waals surface area contributed by atoms with Gasteiger partial charge in [0.1, 0.15) is 0 Å².